The maximum atomic E-state index is 12.6. The summed E-state index contributed by atoms with van der Waals surface area (Å²) in [5, 5.41) is 13.1. The summed E-state index contributed by atoms with van der Waals surface area (Å²) in [6.45, 7) is 3.68. The second kappa shape index (κ2) is 10.0. The van der Waals surface area contributed by atoms with Crippen LogP contribution >= 0.6 is 11.3 Å². The SMILES string of the molecule is CCC[NH+](CC(=O)Nc1ccc(OC)c(OC)c1)Cc1nnc(-c2cccs2)o1. The molecule has 0 saturated heterocycles. The maximum absolute atomic E-state index is 12.6. The van der Waals surface area contributed by atoms with Crippen molar-refractivity contribution < 1.29 is 23.6 Å². The second-order valence-corrected chi connectivity index (χ2v) is 7.40. The standard InChI is InChI=1S/C20H24N4O4S/c1-4-9-24(13-19-22-23-20(28-19)17-6-5-10-29-17)12-18(25)21-14-7-8-15(26-2)16(11-14)27-3/h5-8,10-11H,4,9,12-13H2,1-3H3,(H,21,25)/p+1. The van der Waals surface area contributed by atoms with Crippen LogP contribution in [0.1, 0.15) is 19.2 Å². The number of thiophene rings is 1. The van der Waals surface area contributed by atoms with Gasteiger partial charge in [-0.05, 0) is 30.0 Å². The first kappa shape index (κ1) is 20.8. The van der Waals surface area contributed by atoms with Gasteiger partial charge in [0.1, 0.15) is 0 Å². The van der Waals surface area contributed by atoms with Crippen molar-refractivity contribution in [3.63, 3.8) is 0 Å². The third-order valence-corrected chi connectivity index (χ3v) is 5.14. The summed E-state index contributed by atoms with van der Waals surface area (Å²) < 4.78 is 16.3. The number of amides is 1. The van der Waals surface area contributed by atoms with Gasteiger partial charge in [0.25, 0.3) is 17.7 Å². The Labute approximate surface area is 173 Å². The molecule has 9 heteroatoms. The van der Waals surface area contributed by atoms with E-state index < -0.39 is 0 Å². The number of ether oxygens (including phenoxy) is 2. The molecule has 1 unspecified atom stereocenters. The van der Waals surface area contributed by atoms with Gasteiger partial charge >= 0.3 is 0 Å². The molecule has 0 aliphatic rings. The minimum absolute atomic E-state index is 0.0985. The van der Waals surface area contributed by atoms with E-state index >= 15 is 0 Å². The van der Waals surface area contributed by atoms with Crippen LogP contribution in [-0.2, 0) is 11.3 Å². The molecule has 2 heterocycles. The Bertz CT molecular complexity index is 926. The molecule has 1 amide bonds. The summed E-state index contributed by atoms with van der Waals surface area (Å²) >= 11 is 1.55. The van der Waals surface area contributed by atoms with Gasteiger partial charge in [0, 0.05) is 11.8 Å². The predicted octanol–water partition coefficient (Wildman–Crippen LogP) is 2.25. The first-order chi connectivity index (χ1) is 14.1. The molecule has 1 atom stereocenters. The lowest BCUT2D eigenvalue weighted by molar-refractivity contribution is -0.907. The Balaban J connectivity index is 1.62. The third kappa shape index (κ3) is 5.55. The highest BCUT2D eigenvalue weighted by Crippen LogP contribution is 2.29. The van der Waals surface area contributed by atoms with E-state index in [-0.39, 0.29) is 5.91 Å². The van der Waals surface area contributed by atoms with E-state index in [1.165, 1.54) is 0 Å². The lowest BCUT2D eigenvalue weighted by Crippen LogP contribution is -3.11. The Morgan fingerprint density at radius 3 is 2.72 bits per heavy atom. The van der Waals surface area contributed by atoms with Crippen LogP contribution in [0.2, 0.25) is 0 Å². The van der Waals surface area contributed by atoms with Crippen molar-refractivity contribution >= 4 is 22.9 Å². The van der Waals surface area contributed by atoms with Crippen LogP contribution in [-0.4, -0.2) is 43.4 Å². The highest BCUT2D eigenvalue weighted by atomic mass is 32.1. The average Bonchev–Trinajstić information content (AvgIpc) is 3.39. The number of nitrogens with zero attached hydrogens (tertiary/aromatic N) is 2. The van der Waals surface area contributed by atoms with Crippen molar-refractivity contribution in [3.8, 4) is 22.3 Å². The lowest BCUT2D eigenvalue weighted by Gasteiger charge is -2.17. The van der Waals surface area contributed by atoms with Crippen LogP contribution in [0.5, 0.6) is 11.5 Å². The molecule has 2 N–H and O–H groups in total. The Morgan fingerprint density at radius 1 is 1.21 bits per heavy atom. The molecule has 8 nitrogen and oxygen atoms in total. The first-order valence-corrected chi connectivity index (χ1v) is 10.2. The monoisotopic (exact) mass is 417 g/mol. The molecule has 0 aliphatic heterocycles. The number of methoxy groups -OCH3 is 2. The van der Waals surface area contributed by atoms with Gasteiger partial charge in [-0.3, -0.25) is 4.79 Å². The van der Waals surface area contributed by atoms with Gasteiger partial charge in [-0.2, -0.15) is 0 Å². The van der Waals surface area contributed by atoms with Crippen LogP contribution in [0.4, 0.5) is 5.69 Å². The summed E-state index contributed by atoms with van der Waals surface area (Å²) in [6.07, 6.45) is 0.935. The Hall–Kier alpha value is -2.91. The summed E-state index contributed by atoms with van der Waals surface area (Å²) in [5.41, 5.74) is 0.654. The van der Waals surface area contributed by atoms with Gasteiger partial charge in [0.2, 0.25) is 0 Å². The topological polar surface area (TPSA) is 90.9 Å². The van der Waals surface area contributed by atoms with Gasteiger partial charge in [0.05, 0.1) is 25.6 Å². The molecule has 0 spiro atoms. The summed E-state index contributed by atoms with van der Waals surface area (Å²) in [5.74, 6) is 2.12. The van der Waals surface area contributed by atoms with Gasteiger partial charge in [-0.1, -0.05) is 13.0 Å². The molecule has 3 rings (SSSR count). The molecule has 0 radical (unpaired) electrons. The molecular formula is C20H25N4O4S+. The summed E-state index contributed by atoms with van der Waals surface area (Å²) in [7, 11) is 3.13. The van der Waals surface area contributed by atoms with E-state index in [0.717, 1.165) is 22.7 Å². The van der Waals surface area contributed by atoms with E-state index in [1.54, 1.807) is 43.8 Å². The van der Waals surface area contributed by atoms with E-state index in [2.05, 4.69) is 22.4 Å². The van der Waals surface area contributed by atoms with E-state index in [0.29, 0.717) is 42.1 Å². The highest BCUT2D eigenvalue weighted by Gasteiger charge is 2.19. The zero-order valence-electron chi connectivity index (χ0n) is 16.7. The molecular weight excluding hydrogens is 392 g/mol. The zero-order chi connectivity index (χ0) is 20.6. The van der Waals surface area contributed by atoms with Crippen LogP contribution < -0.4 is 19.7 Å². The molecule has 3 aromatic rings. The molecule has 0 bridgehead atoms. The third-order valence-electron chi connectivity index (χ3n) is 4.28. The van der Waals surface area contributed by atoms with Crippen molar-refractivity contribution in [2.75, 3.05) is 32.6 Å². The first-order valence-electron chi connectivity index (χ1n) is 9.34. The number of aromatic nitrogens is 2. The quantitative estimate of drug-likeness (QED) is 0.526. The number of quaternary nitrogens is 1. The fourth-order valence-corrected chi connectivity index (χ4v) is 3.62. The number of nitrogens with one attached hydrogen (secondary N) is 2. The van der Waals surface area contributed by atoms with Gasteiger partial charge < -0.3 is 24.1 Å². The Kier molecular flexibility index (Phi) is 7.20. The largest absolute Gasteiger partial charge is 0.493 e. The van der Waals surface area contributed by atoms with Crippen LogP contribution in [0.3, 0.4) is 0 Å². The van der Waals surface area contributed by atoms with Gasteiger partial charge in [-0.25, -0.2) is 0 Å². The summed E-state index contributed by atoms with van der Waals surface area (Å²) in [4.78, 5) is 14.6. The van der Waals surface area contributed by atoms with Crippen molar-refractivity contribution in [1.29, 1.82) is 0 Å². The van der Waals surface area contributed by atoms with E-state index in [4.69, 9.17) is 13.9 Å². The number of carbonyl (C=O) groups is 1. The van der Waals surface area contributed by atoms with Crippen LogP contribution in [0.15, 0.2) is 40.1 Å². The van der Waals surface area contributed by atoms with Crippen molar-refractivity contribution in [3.05, 3.63) is 41.6 Å². The second-order valence-electron chi connectivity index (χ2n) is 6.45. The molecule has 29 heavy (non-hydrogen) atoms. The zero-order valence-corrected chi connectivity index (χ0v) is 17.5. The van der Waals surface area contributed by atoms with Crippen LogP contribution in [0.25, 0.3) is 10.8 Å². The average molecular weight is 418 g/mol. The maximum Gasteiger partial charge on any atom is 0.279 e. The minimum Gasteiger partial charge on any atom is -0.493 e. The van der Waals surface area contributed by atoms with Gasteiger partial charge in [0.15, 0.2) is 24.6 Å². The van der Waals surface area contributed by atoms with E-state index in [1.807, 2.05) is 17.5 Å². The fourth-order valence-electron chi connectivity index (χ4n) is 2.98. The van der Waals surface area contributed by atoms with Crippen molar-refractivity contribution in [2.24, 2.45) is 0 Å². The number of rotatable bonds is 10. The Morgan fingerprint density at radius 2 is 2.03 bits per heavy atom. The van der Waals surface area contributed by atoms with Crippen molar-refractivity contribution in [1.82, 2.24) is 10.2 Å². The van der Waals surface area contributed by atoms with Crippen molar-refractivity contribution in [2.45, 2.75) is 19.9 Å². The fraction of sp³-hybridized carbons (Fsp3) is 0.350. The molecule has 0 aliphatic carbocycles. The van der Waals surface area contributed by atoms with Gasteiger partial charge in [-0.15, -0.1) is 21.5 Å². The molecule has 0 saturated carbocycles. The number of carbonyl (C=O) groups excluding carboxylic acids is 1. The molecule has 154 valence electrons. The lowest BCUT2D eigenvalue weighted by atomic mass is 10.2. The number of hydrogen-bond donors (Lipinski definition) is 2. The smallest absolute Gasteiger partial charge is 0.279 e. The number of hydrogen-bond acceptors (Lipinski definition) is 7. The van der Waals surface area contributed by atoms with Crippen LogP contribution in [0, 0.1) is 0 Å². The summed E-state index contributed by atoms with van der Waals surface area (Å²) in [6, 6.07) is 9.16. The normalized spacial score (nSPS) is 11.8. The van der Waals surface area contributed by atoms with E-state index in [9.17, 15) is 4.79 Å². The predicted molar refractivity (Wildman–Crippen MR) is 110 cm³/mol. The molecule has 2 aromatic heterocycles. The molecule has 0 fully saturated rings. The number of anilines is 1. The number of benzene rings is 1. The molecule has 1 aromatic carbocycles. The highest BCUT2D eigenvalue weighted by molar-refractivity contribution is 7.13. The minimum atomic E-state index is -0.0985.